The fourth-order valence-electron chi connectivity index (χ4n) is 6.64. The highest BCUT2D eigenvalue weighted by Crippen LogP contribution is 2.65. The molecule has 1 amide bonds. The van der Waals surface area contributed by atoms with Crippen molar-refractivity contribution in [3.8, 4) is 0 Å². The van der Waals surface area contributed by atoms with E-state index in [2.05, 4.69) is 21.2 Å². The van der Waals surface area contributed by atoms with Crippen LogP contribution in [0.2, 0.25) is 0 Å². The molecule has 6 rings (SSSR count). The van der Waals surface area contributed by atoms with Gasteiger partial charge in [0, 0.05) is 21.4 Å². The number of carbonyl (C=O) groups is 1. The van der Waals surface area contributed by atoms with E-state index in [0.29, 0.717) is 6.42 Å². The minimum Gasteiger partial charge on any atom is -0.349 e. The van der Waals surface area contributed by atoms with Crippen LogP contribution in [0.15, 0.2) is 23.1 Å². The van der Waals surface area contributed by atoms with E-state index in [1.165, 1.54) is 38.2 Å². The Morgan fingerprint density at radius 1 is 1.27 bits per heavy atom. The lowest BCUT2D eigenvalue weighted by Gasteiger charge is -2.60. The van der Waals surface area contributed by atoms with Gasteiger partial charge in [-0.25, -0.2) is 4.39 Å². The number of thioether (sulfide) groups is 1. The Labute approximate surface area is 167 Å². The summed E-state index contributed by atoms with van der Waals surface area (Å²) in [4.78, 5) is 14.1. The molecule has 0 saturated heterocycles. The summed E-state index contributed by atoms with van der Waals surface area (Å²) >= 11 is 5.79. The molecule has 0 radical (unpaired) electrons. The van der Waals surface area contributed by atoms with E-state index in [-0.39, 0.29) is 27.5 Å². The summed E-state index contributed by atoms with van der Waals surface area (Å²) in [6, 6.07) is 4.92. The Morgan fingerprint density at radius 2 is 2.04 bits per heavy atom. The Morgan fingerprint density at radius 3 is 2.77 bits per heavy atom. The number of rotatable bonds is 3. The molecular formula is C21H25BrFNOS. The highest BCUT2D eigenvalue weighted by atomic mass is 79.9. The van der Waals surface area contributed by atoms with Gasteiger partial charge in [-0.1, -0.05) is 15.9 Å². The lowest BCUT2D eigenvalue weighted by molar-refractivity contribution is -0.129. The van der Waals surface area contributed by atoms with Gasteiger partial charge in [-0.3, -0.25) is 4.79 Å². The third-order valence-corrected chi connectivity index (χ3v) is 9.04. The first-order valence-corrected chi connectivity index (χ1v) is 11.6. The van der Waals surface area contributed by atoms with Gasteiger partial charge in [0.05, 0.1) is 6.04 Å². The average molecular weight is 438 g/mol. The minimum atomic E-state index is -0.215. The highest BCUT2D eigenvalue weighted by molar-refractivity contribution is 9.10. The molecule has 140 valence electrons. The van der Waals surface area contributed by atoms with Crippen molar-refractivity contribution in [1.82, 2.24) is 5.32 Å². The molecule has 4 aliphatic carbocycles. The molecule has 4 bridgehead atoms. The van der Waals surface area contributed by atoms with Crippen LogP contribution in [0.5, 0.6) is 0 Å². The second kappa shape index (κ2) is 6.23. The van der Waals surface area contributed by atoms with Crippen LogP contribution in [-0.4, -0.2) is 16.0 Å². The van der Waals surface area contributed by atoms with E-state index >= 15 is 0 Å². The van der Waals surface area contributed by atoms with Crippen molar-refractivity contribution in [2.45, 2.75) is 66.6 Å². The van der Waals surface area contributed by atoms with Crippen molar-refractivity contribution in [1.29, 1.82) is 0 Å². The molecule has 26 heavy (non-hydrogen) atoms. The molecule has 0 spiro atoms. The molecule has 1 aromatic rings. The van der Waals surface area contributed by atoms with E-state index in [1.54, 1.807) is 17.8 Å². The molecule has 3 unspecified atom stereocenters. The molecule has 0 aromatic heterocycles. The van der Waals surface area contributed by atoms with E-state index in [1.807, 2.05) is 6.07 Å². The molecule has 3 atom stereocenters. The summed E-state index contributed by atoms with van der Waals surface area (Å²) < 4.78 is 14.0. The molecular weight excluding hydrogens is 413 g/mol. The largest absolute Gasteiger partial charge is 0.349 e. The van der Waals surface area contributed by atoms with E-state index < -0.39 is 0 Å². The normalized spacial score (nSPS) is 40.3. The van der Waals surface area contributed by atoms with Gasteiger partial charge in [0.1, 0.15) is 5.82 Å². The Hall–Kier alpha value is -0.550. The lowest BCUT2D eigenvalue weighted by atomic mass is 9.48. The topological polar surface area (TPSA) is 29.1 Å². The zero-order chi connectivity index (χ0) is 17.9. The van der Waals surface area contributed by atoms with Crippen LogP contribution in [0.4, 0.5) is 4.39 Å². The van der Waals surface area contributed by atoms with Gasteiger partial charge in [0.2, 0.25) is 5.91 Å². The number of alkyl halides is 1. The summed E-state index contributed by atoms with van der Waals surface area (Å²) in [6.45, 7) is 0. The number of hydrogen-bond acceptors (Lipinski definition) is 2. The molecule has 2 nitrogen and oxygen atoms in total. The minimum absolute atomic E-state index is 0.0405. The number of carbonyl (C=O) groups excluding carboxylic acids is 1. The second-order valence-corrected chi connectivity index (χ2v) is 12.0. The Kier molecular flexibility index (Phi) is 4.20. The Bertz CT molecular complexity index is 740. The van der Waals surface area contributed by atoms with Crippen LogP contribution in [-0.2, 0) is 4.79 Å². The number of amides is 1. The van der Waals surface area contributed by atoms with Crippen LogP contribution < -0.4 is 5.32 Å². The number of fused-ring (bicyclic) bond motifs is 1. The molecule has 5 aliphatic rings. The first-order chi connectivity index (χ1) is 12.4. The summed E-state index contributed by atoms with van der Waals surface area (Å²) in [7, 11) is 0. The van der Waals surface area contributed by atoms with Crippen molar-refractivity contribution in [3.63, 3.8) is 0 Å². The van der Waals surface area contributed by atoms with E-state index in [0.717, 1.165) is 40.9 Å². The van der Waals surface area contributed by atoms with Gasteiger partial charge >= 0.3 is 0 Å². The highest BCUT2D eigenvalue weighted by Gasteiger charge is 2.57. The van der Waals surface area contributed by atoms with Crippen LogP contribution in [0.25, 0.3) is 0 Å². The van der Waals surface area contributed by atoms with Crippen molar-refractivity contribution in [2.75, 3.05) is 5.75 Å². The number of benzene rings is 1. The summed E-state index contributed by atoms with van der Waals surface area (Å²) in [5.74, 6) is 2.51. The van der Waals surface area contributed by atoms with Crippen LogP contribution in [0.1, 0.15) is 63.0 Å². The smallest absolute Gasteiger partial charge is 0.221 e. The van der Waals surface area contributed by atoms with Gasteiger partial charge < -0.3 is 5.32 Å². The maximum atomic E-state index is 13.7. The second-order valence-electron chi connectivity index (χ2n) is 9.23. The van der Waals surface area contributed by atoms with Crippen molar-refractivity contribution in [2.24, 2.45) is 17.3 Å². The molecule has 4 fully saturated rings. The first-order valence-electron chi connectivity index (χ1n) is 9.83. The fraction of sp³-hybridized carbons (Fsp3) is 0.667. The van der Waals surface area contributed by atoms with E-state index in [9.17, 15) is 9.18 Å². The Balaban J connectivity index is 1.31. The van der Waals surface area contributed by atoms with Gasteiger partial charge in [0.25, 0.3) is 0 Å². The van der Waals surface area contributed by atoms with Gasteiger partial charge in [0.15, 0.2) is 0 Å². The molecule has 1 aromatic carbocycles. The zero-order valence-electron chi connectivity index (χ0n) is 14.9. The van der Waals surface area contributed by atoms with Crippen LogP contribution >= 0.6 is 27.7 Å². The first kappa shape index (κ1) is 17.5. The maximum absolute atomic E-state index is 13.7. The van der Waals surface area contributed by atoms with Gasteiger partial charge in [-0.15, -0.1) is 11.8 Å². The third kappa shape index (κ3) is 3.13. The predicted octanol–water partition coefficient (Wildman–Crippen LogP) is 5.60. The lowest BCUT2D eigenvalue weighted by Crippen LogP contribution is -2.54. The molecule has 1 heterocycles. The predicted molar refractivity (Wildman–Crippen MR) is 106 cm³/mol. The molecule has 1 N–H and O–H groups in total. The van der Waals surface area contributed by atoms with Crippen molar-refractivity contribution >= 4 is 33.6 Å². The van der Waals surface area contributed by atoms with Crippen molar-refractivity contribution < 1.29 is 9.18 Å². The molecule has 1 aliphatic heterocycles. The number of hydrogen-bond donors (Lipinski definition) is 1. The fourth-order valence-corrected chi connectivity index (χ4v) is 9.26. The van der Waals surface area contributed by atoms with Gasteiger partial charge in [-0.2, -0.15) is 0 Å². The quantitative estimate of drug-likeness (QED) is 0.623. The van der Waals surface area contributed by atoms with Gasteiger partial charge in [-0.05, 0) is 86.0 Å². The summed E-state index contributed by atoms with van der Waals surface area (Å²) in [5, 5.41) is 3.26. The molecule has 5 heteroatoms. The number of halogens is 2. The standard InChI is InChI=1S/C21H25BrFNOS/c22-21-9-13-5-14(10-21)8-20(7-13,12-21)11-19(25)24-17-3-4-26-18-2-1-15(23)6-16(17)18/h1-2,6,13-14,17H,3-5,7-12H2,(H,24,25). The summed E-state index contributed by atoms with van der Waals surface area (Å²) in [5.41, 5.74) is 1.14. The van der Waals surface area contributed by atoms with Crippen LogP contribution in [0, 0.1) is 23.1 Å². The van der Waals surface area contributed by atoms with Crippen molar-refractivity contribution in [3.05, 3.63) is 29.6 Å². The monoisotopic (exact) mass is 437 g/mol. The zero-order valence-corrected chi connectivity index (χ0v) is 17.3. The van der Waals surface area contributed by atoms with Crippen LogP contribution in [0.3, 0.4) is 0 Å². The maximum Gasteiger partial charge on any atom is 0.221 e. The molecule has 4 saturated carbocycles. The number of nitrogens with one attached hydrogen (secondary N) is 1. The van der Waals surface area contributed by atoms with E-state index in [4.69, 9.17) is 0 Å². The summed E-state index contributed by atoms with van der Waals surface area (Å²) in [6.07, 6.45) is 9.05. The average Bonchev–Trinajstić information content (AvgIpc) is 2.52. The third-order valence-electron chi connectivity index (χ3n) is 6.99. The SMILES string of the molecule is O=C(CC12CC3CC(CC(Br)(C3)C1)C2)NC1CCSc2ccc(F)cc21.